The van der Waals surface area contributed by atoms with Gasteiger partial charge in [-0.25, -0.2) is 0 Å². The van der Waals surface area contributed by atoms with Gasteiger partial charge in [-0.3, -0.25) is 4.79 Å². The van der Waals surface area contributed by atoms with Crippen molar-refractivity contribution in [1.82, 2.24) is 0 Å². The molecule has 3 N–H and O–H groups in total. The van der Waals surface area contributed by atoms with Crippen LogP contribution in [0.1, 0.15) is 103 Å². The molecule has 0 aromatic rings. The fourth-order valence-corrected chi connectivity index (χ4v) is 5.03. The molecule has 0 aromatic carbocycles. The summed E-state index contributed by atoms with van der Waals surface area (Å²) in [6.07, 6.45) is 18.8. The number of rotatable bonds is 18. The monoisotopic (exact) mass is 480 g/mol. The Morgan fingerprint density at radius 1 is 1.12 bits per heavy atom. The second-order valence-corrected chi connectivity index (χ2v) is 9.98. The number of esters is 1. The lowest BCUT2D eigenvalue weighted by molar-refractivity contribution is -0.143. The Balaban J connectivity index is 1.59. The molecule has 1 saturated carbocycles. The predicted octanol–water partition coefficient (Wildman–Crippen LogP) is 5.20. The molecule has 0 aromatic heterocycles. The third-order valence-corrected chi connectivity index (χ3v) is 7.06. The van der Waals surface area contributed by atoms with Gasteiger partial charge in [-0.1, -0.05) is 64.0 Å². The zero-order valence-electron chi connectivity index (χ0n) is 21.2. The molecule has 6 heteroatoms. The number of aliphatic hydroxyl groups is 3. The number of unbranched alkanes of at least 4 members (excludes halogenated alkanes) is 8. The maximum Gasteiger partial charge on any atom is 0.305 e. The number of hydrogen-bond acceptors (Lipinski definition) is 6. The molecule has 5 atom stereocenters. The van der Waals surface area contributed by atoms with E-state index in [2.05, 4.69) is 13.0 Å². The van der Waals surface area contributed by atoms with Crippen LogP contribution in [0.2, 0.25) is 0 Å². The van der Waals surface area contributed by atoms with Gasteiger partial charge in [0.25, 0.3) is 0 Å². The molecular weight excluding hydrogens is 432 g/mol. The molecule has 196 valence electrons. The quantitative estimate of drug-likeness (QED) is 0.142. The van der Waals surface area contributed by atoms with Crippen molar-refractivity contribution in [3.8, 4) is 0 Å². The van der Waals surface area contributed by atoms with E-state index in [9.17, 15) is 15.0 Å². The Kier molecular flexibility index (Phi) is 14.5. The minimum Gasteiger partial charge on any atom is -0.495 e. The maximum absolute atomic E-state index is 11.9. The van der Waals surface area contributed by atoms with E-state index in [4.69, 9.17) is 14.6 Å². The topological polar surface area (TPSA) is 96.2 Å². The number of aliphatic hydroxyl groups excluding tert-OH is 3. The zero-order chi connectivity index (χ0) is 24.6. The highest BCUT2D eigenvalue weighted by Crippen LogP contribution is 2.45. The van der Waals surface area contributed by atoms with Crippen LogP contribution < -0.4 is 0 Å². The molecule has 0 unspecified atom stereocenters. The number of allylic oxidation sites excluding steroid dienone is 2. The second-order valence-electron chi connectivity index (χ2n) is 9.98. The lowest BCUT2D eigenvalue weighted by Gasteiger charge is -2.16. The summed E-state index contributed by atoms with van der Waals surface area (Å²) in [7, 11) is 0. The average Bonchev–Trinajstić information content (AvgIpc) is 3.33. The molecule has 2 fully saturated rings. The molecule has 0 radical (unpaired) electrons. The van der Waals surface area contributed by atoms with E-state index in [0.29, 0.717) is 19.4 Å². The SMILES string of the molecule is CCCCC[C@H](O)/C=C/[C@@H]1[C@H]2C/C(=C/CCCC(=O)OCCCCCCCCO)O[C@H]2C[C@H]1O. The van der Waals surface area contributed by atoms with Crippen molar-refractivity contribution in [2.45, 2.75) is 122 Å². The number of carbonyl (C=O) groups is 1. The normalized spacial score (nSPS) is 26.2. The summed E-state index contributed by atoms with van der Waals surface area (Å²) in [6, 6.07) is 0. The molecule has 1 heterocycles. The summed E-state index contributed by atoms with van der Waals surface area (Å²) in [5.74, 6) is 1.13. The fourth-order valence-electron chi connectivity index (χ4n) is 5.03. The van der Waals surface area contributed by atoms with E-state index in [-0.39, 0.29) is 30.5 Å². The van der Waals surface area contributed by atoms with Crippen LogP contribution in [0.5, 0.6) is 0 Å². The van der Waals surface area contributed by atoms with E-state index < -0.39 is 12.2 Å². The van der Waals surface area contributed by atoms with Crippen molar-refractivity contribution >= 4 is 5.97 Å². The minimum absolute atomic E-state index is 0.0291. The van der Waals surface area contributed by atoms with Gasteiger partial charge in [0, 0.05) is 37.7 Å². The van der Waals surface area contributed by atoms with Gasteiger partial charge in [-0.2, -0.15) is 0 Å². The molecule has 0 spiro atoms. The maximum atomic E-state index is 11.9. The molecule has 1 aliphatic carbocycles. The van der Waals surface area contributed by atoms with E-state index in [0.717, 1.165) is 89.2 Å². The molecule has 1 saturated heterocycles. The van der Waals surface area contributed by atoms with Crippen LogP contribution in [0.25, 0.3) is 0 Å². The molecular formula is C28H48O6. The first-order chi connectivity index (χ1) is 16.5. The number of hydrogen-bond donors (Lipinski definition) is 3. The van der Waals surface area contributed by atoms with Gasteiger partial charge in [-0.05, 0) is 38.2 Å². The zero-order valence-corrected chi connectivity index (χ0v) is 21.2. The third-order valence-electron chi connectivity index (χ3n) is 7.06. The van der Waals surface area contributed by atoms with Gasteiger partial charge >= 0.3 is 5.97 Å². The minimum atomic E-state index is -0.438. The molecule has 34 heavy (non-hydrogen) atoms. The third kappa shape index (κ3) is 10.9. The molecule has 2 rings (SSSR count). The standard InChI is InChI=1S/C28H48O6/c1-2-3-8-13-22(30)16-17-24-25-20-23(34-27(25)21-26(24)31)14-9-10-15-28(32)33-19-12-7-5-4-6-11-18-29/h14,16-17,22,24-27,29-31H,2-13,15,18-21H2,1H3/b17-16+,23-14-/t22-,24+,25+,26+,27-/m0/s1. The van der Waals surface area contributed by atoms with E-state index in [1.807, 2.05) is 12.2 Å². The largest absolute Gasteiger partial charge is 0.495 e. The Labute approximate surface area is 206 Å². The number of ether oxygens (including phenoxy) is 2. The summed E-state index contributed by atoms with van der Waals surface area (Å²) < 4.78 is 11.4. The average molecular weight is 481 g/mol. The fraction of sp³-hybridized carbons (Fsp3) is 0.821. The molecule has 0 bridgehead atoms. The van der Waals surface area contributed by atoms with Crippen LogP contribution in [0, 0.1) is 11.8 Å². The lowest BCUT2D eigenvalue weighted by Crippen LogP contribution is -2.18. The highest BCUT2D eigenvalue weighted by Gasteiger charge is 2.46. The summed E-state index contributed by atoms with van der Waals surface area (Å²) in [4.78, 5) is 11.9. The predicted molar refractivity (Wildman–Crippen MR) is 134 cm³/mol. The molecule has 2 aliphatic rings. The van der Waals surface area contributed by atoms with Gasteiger partial charge in [0.1, 0.15) is 6.10 Å². The van der Waals surface area contributed by atoms with E-state index in [1.54, 1.807) is 0 Å². The summed E-state index contributed by atoms with van der Waals surface area (Å²) in [6.45, 7) is 2.92. The highest BCUT2D eigenvalue weighted by molar-refractivity contribution is 5.69. The Morgan fingerprint density at radius 2 is 1.88 bits per heavy atom. The Bertz CT molecular complexity index is 616. The van der Waals surface area contributed by atoms with Gasteiger partial charge in [0.2, 0.25) is 0 Å². The van der Waals surface area contributed by atoms with Crippen molar-refractivity contribution in [3.05, 3.63) is 24.0 Å². The summed E-state index contributed by atoms with van der Waals surface area (Å²) in [5.41, 5.74) is 0. The van der Waals surface area contributed by atoms with Crippen LogP contribution in [0.15, 0.2) is 24.0 Å². The van der Waals surface area contributed by atoms with Crippen LogP contribution in [0.3, 0.4) is 0 Å². The van der Waals surface area contributed by atoms with E-state index in [1.165, 1.54) is 0 Å². The highest BCUT2D eigenvalue weighted by atomic mass is 16.5. The first-order valence-electron chi connectivity index (χ1n) is 13.7. The Morgan fingerprint density at radius 3 is 2.65 bits per heavy atom. The Hall–Kier alpha value is -1.37. The van der Waals surface area contributed by atoms with Crippen molar-refractivity contribution in [2.24, 2.45) is 11.8 Å². The number of carbonyl (C=O) groups excluding carboxylic acids is 1. The second kappa shape index (κ2) is 17.1. The van der Waals surface area contributed by atoms with Gasteiger partial charge in [-0.15, -0.1) is 0 Å². The lowest BCUT2D eigenvalue weighted by atomic mass is 9.90. The van der Waals surface area contributed by atoms with Crippen LogP contribution >= 0.6 is 0 Å². The molecule has 0 amide bonds. The number of fused-ring (bicyclic) bond motifs is 1. The van der Waals surface area contributed by atoms with Crippen molar-refractivity contribution < 1.29 is 29.6 Å². The van der Waals surface area contributed by atoms with Crippen molar-refractivity contribution in [2.75, 3.05) is 13.2 Å². The van der Waals surface area contributed by atoms with Gasteiger partial charge < -0.3 is 24.8 Å². The first kappa shape index (κ1) is 28.9. The van der Waals surface area contributed by atoms with E-state index >= 15 is 0 Å². The summed E-state index contributed by atoms with van der Waals surface area (Å²) >= 11 is 0. The van der Waals surface area contributed by atoms with Crippen molar-refractivity contribution in [1.29, 1.82) is 0 Å². The summed E-state index contributed by atoms with van der Waals surface area (Å²) in [5, 5.41) is 29.4. The molecule has 1 aliphatic heterocycles. The van der Waals surface area contributed by atoms with Crippen LogP contribution in [-0.4, -0.2) is 52.8 Å². The smallest absolute Gasteiger partial charge is 0.305 e. The van der Waals surface area contributed by atoms with Crippen LogP contribution in [0.4, 0.5) is 0 Å². The van der Waals surface area contributed by atoms with Crippen molar-refractivity contribution in [3.63, 3.8) is 0 Å². The van der Waals surface area contributed by atoms with Crippen LogP contribution in [-0.2, 0) is 14.3 Å². The van der Waals surface area contributed by atoms with Gasteiger partial charge in [0.15, 0.2) is 0 Å². The molecule has 6 nitrogen and oxygen atoms in total. The van der Waals surface area contributed by atoms with Gasteiger partial charge in [0.05, 0.1) is 24.6 Å². The first-order valence-corrected chi connectivity index (χ1v) is 13.7.